The van der Waals surface area contributed by atoms with Crippen molar-refractivity contribution in [3.63, 3.8) is 0 Å². The van der Waals surface area contributed by atoms with Crippen molar-refractivity contribution in [1.29, 1.82) is 0 Å². The van der Waals surface area contributed by atoms with Crippen molar-refractivity contribution in [1.82, 2.24) is 15.3 Å². The summed E-state index contributed by atoms with van der Waals surface area (Å²) in [5, 5.41) is 5.90. The lowest BCUT2D eigenvalue weighted by atomic mass is 10.1. The zero-order valence-corrected chi connectivity index (χ0v) is 15.2. The van der Waals surface area contributed by atoms with Crippen molar-refractivity contribution in [3.05, 3.63) is 63.7 Å². The highest BCUT2D eigenvalue weighted by molar-refractivity contribution is 5.95. The van der Waals surface area contributed by atoms with E-state index < -0.39 is 5.91 Å². The van der Waals surface area contributed by atoms with Gasteiger partial charge in [0.15, 0.2) is 12.4 Å². The first-order valence-electron chi connectivity index (χ1n) is 8.90. The number of carbonyl (C=O) groups excluding carboxylic acids is 2. The van der Waals surface area contributed by atoms with Crippen LogP contribution in [0.3, 0.4) is 0 Å². The number of nitrogens with one attached hydrogen (secondary N) is 3. The predicted octanol–water partition coefficient (Wildman–Crippen LogP) is 1.75. The monoisotopic (exact) mass is 378 g/mol. The van der Waals surface area contributed by atoms with Gasteiger partial charge in [-0.2, -0.15) is 0 Å². The Morgan fingerprint density at radius 2 is 2.00 bits per heavy atom. The van der Waals surface area contributed by atoms with Crippen LogP contribution in [0, 0.1) is 0 Å². The highest BCUT2D eigenvalue weighted by Gasteiger charge is 2.16. The first-order chi connectivity index (χ1) is 13.5. The van der Waals surface area contributed by atoms with Gasteiger partial charge in [0.05, 0.1) is 16.6 Å². The van der Waals surface area contributed by atoms with E-state index in [4.69, 9.17) is 4.74 Å². The molecule has 0 saturated heterocycles. The van der Waals surface area contributed by atoms with E-state index in [1.54, 1.807) is 30.3 Å². The summed E-state index contributed by atoms with van der Waals surface area (Å²) in [5.74, 6) is -0.174. The summed E-state index contributed by atoms with van der Waals surface area (Å²) >= 11 is 0. The van der Waals surface area contributed by atoms with E-state index in [-0.39, 0.29) is 30.4 Å². The van der Waals surface area contributed by atoms with Crippen molar-refractivity contribution < 1.29 is 14.3 Å². The molecular weight excluding hydrogens is 360 g/mol. The first-order valence-corrected chi connectivity index (χ1v) is 8.90. The van der Waals surface area contributed by atoms with Gasteiger partial charge in [0.25, 0.3) is 17.4 Å². The van der Waals surface area contributed by atoms with E-state index in [2.05, 4.69) is 20.6 Å². The Labute approximate surface area is 159 Å². The Kier molecular flexibility index (Phi) is 4.52. The number of ether oxygens (including phenoxy) is 1. The minimum absolute atomic E-state index is 0.0101. The molecule has 1 aliphatic rings. The molecule has 0 atom stereocenters. The van der Waals surface area contributed by atoms with Crippen molar-refractivity contribution in [2.45, 2.75) is 19.9 Å². The van der Waals surface area contributed by atoms with Crippen LogP contribution in [0.5, 0.6) is 5.75 Å². The zero-order valence-electron chi connectivity index (χ0n) is 15.2. The molecule has 3 aromatic rings. The molecule has 8 nitrogen and oxygen atoms in total. The molecule has 0 unspecified atom stereocenters. The summed E-state index contributed by atoms with van der Waals surface area (Å²) in [6, 6.07) is 10.7. The number of aromatic nitrogens is 2. The lowest BCUT2D eigenvalue weighted by molar-refractivity contribution is -0.118. The van der Waals surface area contributed by atoms with E-state index in [0.29, 0.717) is 22.3 Å². The number of H-pyrrole nitrogens is 1. The number of carbonyl (C=O) groups is 2. The summed E-state index contributed by atoms with van der Waals surface area (Å²) in [6.07, 6.45) is 0.809. The lowest BCUT2D eigenvalue weighted by Gasteiger charge is -2.18. The van der Waals surface area contributed by atoms with Gasteiger partial charge in [-0.1, -0.05) is 19.1 Å². The largest absolute Gasteiger partial charge is 0.482 e. The van der Waals surface area contributed by atoms with Gasteiger partial charge in [0.2, 0.25) is 0 Å². The minimum Gasteiger partial charge on any atom is -0.482 e. The number of nitrogens with zero attached hydrogens (tertiary/aromatic N) is 1. The number of hydrogen-bond acceptors (Lipinski definition) is 5. The molecule has 0 aliphatic carbocycles. The molecule has 2 amide bonds. The second kappa shape index (κ2) is 7.15. The molecule has 28 heavy (non-hydrogen) atoms. The minimum atomic E-state index is -0.489. The van der Waals surface area contributed by atoms with Crippen molar-refractivity contribution in [3.8, 4) is 5.75 Å². The highest BCUT2D eigenvalue weighted by atomic mass is 16.5. The van der Waals surface area contributed by atoms with E-state index in [0.717, 1.165) is 17.5 Å². The van der Waals surface area contributed by atoms with Crippen molar-refractivity contribution in [2.24, 2.45) is 0 Å². The highest BCUT2D eigenvalue weighted by Crippen LogP contribution is 2.28. The normalized spacial score (nSPS) is 12.8. The average molecular weight is 378 g/mol. The number of anilines is 1. The van der Waals surface area contributed by atoms with E-state index >= 15 is 0 Å². The van der Waals surface area contributed by atoms with Crippen molar-refractivity contribution in [2.75, 3.05) is 11.9 Å². The second-order valence-electron chi connectivity index (χ2n) is 6.47. The molecule has 142 valence electrons. The molecule has 3 N–H and O–H groups in total. The number of aryl methyl sites for hydroxylation is 1. The molecule has 8 heteroatoms. The van der Waals surface area contributed by atoms with Gasteiger partial charge in [-0.25, -0.2) is 4.98 Å². The smallest absolute Gasteiger partial charge is 0.287 e. The summed E-state index contributed by atoms with van der Waals surface area (Å²) in [5.41, 5.74) is 2.49. The van der Waals surface area contributed by atoms with Gasteiger partial charge in [0.1, 0.15) is 5.75 Å². The molecular formula is C20H18N4O4. The lowest BCUT2D eigenvalue weighted by Crippen LogP contribution is -2.28. The Morgan fingerprint density at radius 3 is 2.82 bits per heavy atom. The fourth-order valence-corrected chi connectivity index (χ4v) is 3.02. The molecule has 0 spiro atoms. The van der Waals surface area contributed by atoms with E-state index in [1.807, 2.05) is 13.0 Å². The van der Waals surface area contributed by atoms with Crippen LogP contribution in [-0.4, -0.2) is 28.4 Å². The van der Waals surface area contributed by atoms with Gasteiger partial charge in [0, 0.05) is 6.54 Å². The number of aromatic amines is 1. The first kappa shape index (κ1) is 17.7. The molecule has 1 aliphatic heterocycles. The molecule has 0 radical (unpaired) electrons. The van der Waals surface area contributed by atoms with Crippen LogP contribution < -0.4 is 20.9 Å². The van der Waals surface area contributed by atoms with Crippen LogP contribution in [0.4, 0.5) is 5.69 Å². The number of fused-ring (bicyclic) bond motifs is 2. The van der Waals surface area contributed by atoms with Crippen LogP contribution in [-0.2, 0) is 17.8 Å². The molecule has 1 aromatic heterocycles. The third kappa shape index (κ3) is 3.44. The van der Waals surface area contributed by atoms with Crippen LogP contribution in [0.1, 0.15) is 28.7 Å². The van der Waals surface area contributed by atoms with Gasteiger partial charge in [-0.3, -0.25) is 14.4 Å². The summed E-state index contributed by atoms with van der Waals surface area (Å²) in [4.78, 5) is 43.0. The number of benzene rings is 2. The van der Waals surface area contributed by atoms with Gasteiger partial charge in [-0.05, 0) is 41.8 Å². The fourth-order valence-electron chi connectivity index (χ4n) is 3.02. The standard InChI is InChI=1S/C20H18N4O4/c1-2-11-3-5-14-13(7-11)19(26)24-18(23-14)20(27)21-9-12-4-6-16-15(8-12)22-17(25)10-28-16/h3-8H,2,9-10H2,1H3,(H,21,27)(H,22,25)(H,23,24,26). The predicted molar refractivity (Wildman–Crippen MR) is 103 cm³/mol. The Hall–Kier alpha value is -3.68. The number of hydrogen-bond donors (Lipinski definition) is 3. The Morgan fingerprint density at radius 1 is 1.18 bits per heavy atom. The summed E-state index contributed by atoms with van der Waals surface area (Å²) in [7, 11) is 0. The topological polar surface area (TPSA) is 113 Å². The van der Waals surface area contributed by atoms with E-state index in [9.17, 15) is 14.4 Å². The molecule has 2 heterocycles. The SMILES string of the molecule is CCc1ccc2nc(C(=O)NCc3ccc4c(c3)NC(=O)CO4)[nH]c(=O)c2c1. The summed E-state index contributed by atoms with van der Waals surface area (Å²) < 4.78 is 5.31. The van der Waals surface area contributed by atoms with Gasteiger partial charge in [-0.15, -0.1) is 0 Å². The maximum atomic E-state index is 12.4. The van der Waals surface area contributed by atoms with Crippen LogP contribution in [0.2, 0.25) is 0 Å². The maximum Gasteiger partial charge on any atom is 0.287 e. The van der Waals surface area contributed by atoms with Crippen LogP contribution in [0.15, 0.2) is 41.2 Å². The average Bonchev–Trinajstić information content (AvgIpc) is 2.71. The van der Waals surface area contributed by atoms with Crippen LogP contribution in [0.25, 0.3) is 10.9 Å². The Balaban J connectivity index is 1.52. The zero-order chi connectivity index (χ0) is 19.7. The molecule has 4 rings (SSSR count). The summed E-state index contributed by atoms with van der Waals surface area (Å²) in [6.45, 7) is 2.20. The third-order valence-corrected chi connectivity index (χ3v) is 4.52. The second-order valence-corrected chi connectivity index (χ2v) is 6.47. The van der Waals surface area contributed by atoms with Gasteiger partial charge >= 0.3 is 0 Å². The maximum absolute atomic E-state index is 12.4. The van der Waals surface area contributed by atoms with Gasteiger partial charge < -0.3 is 20.4 Å². The fraction of sp³-hybridized carbons (Fsp3) is 0.200. The quantitative estimate of drug-likeness (QED) is 0.640. The Bertz CT molecular complexity index is 1150. The van der Waals surface area contributed by atoms with Crippen LogP contribution >= 0.6 is 0 Å². The molecule has 0 fully saturated rings. The molecule has 2 aromatic carbocycles. The molecule has 0 saturated carbocycles. The number of rotatable bonds is 4. The number of amides is 2. The van der Waals surface area contributed by atoms with Crippen molar-refractivity contribution >= 4 is 28.4 Å². The third-order valence-electron chi connectivity index (χ3n) is 4.52. The van der Waals surface area contributed by atoms with E-state index in [1.165, 1.54) is 0 Å². The molecule has 0 bridgehead atoms.